The lowest BCUT2D eigenvalue weighted by molar-refractivity contribution is -0.0414. The monoisotopic (exact) mass is 460 g/mol. The largest absolute Gasteiger partial charge is 0.478 e. The van der Waals surface area contributed by atoms with E-state index in [0.29, 0.717) is 28.6 Å². The molecule has 2 atom stereocenters. The molecule has 7 nitrogen and oxygen atoms in total. The molecule has 2 aliphatic rings. The van der Waals surface area contributed by atoms with Crippen molar-refractivity contribution in [1.82, 2.24) is 19.9 Å². The number of thiazole rings is 1. The van der Waals surface area contributed by atoms with Crippen molar-refractivity contribution in [2.75, 3.05) is 13.1 Å². The maximum atomic E-state index is 13.6. The van der Waals surface area contributed by atoms with E-state index < -0.39 is 11.8 Å². The number of hydrogen-bond donors (Lipinski definition) is 1. The molecule has 2 fully saturated rings. The Morgan fingerprint density at radius 3 is 2.71 bits per heavy atom. The van der Waals surface area contributed by atoms with E-state index in [0.717, 1.165) is 32.0 Å². The molecule has 2 aliphatic heterocycles. The average molecular weight is 461 g/mol. The van der Waals surface area contributed by atoms with Gasteiger partial charge >= 0.3 is 5.97 Å². The van der Waals surface area contributed by atoms with Crippen molar-refractivity contribution in [2.24, 2.45) is 0 Å². The van der Waals surface area contributed by atoms with Crippen LogP contribution in [0, 0.1) is 5.82 Å². The molecular weight excluding hydrogens is 443 g/mol. The zero-order valence-electron chi connectivity index (χ0n) is 16.3. The highest BCUT2D eigenvalue weighted by Gasteiger charge is 2.35. The number of rotatable bonds is 5. The van der Waals surface area contributed by atoms with Crippen molar-refractivity contribution in [2.45, 2.75) is 31.6 Å². The molecule has 5 rings (SSSR count). The highest BCUT2D eigenvalue weighted by atomic mass is 35.5. The van der Waals surface area contributed by atoms with Crippen molar-refractivity contribution in [1.29, 1.82) is 0 Å². The Morgan fingerprint density at radius 2 is 2.06 bits per heavy atom. The van der Waals surface area contributed by atoms with Gasteiger partial charge in [0.1, 0.15) is 11.4 Å². The Morgan fingerprint density at radius 1 is 1.29 bits per heavy atom. The fourth-order valence-corrected chi connectivity index (χ4v) is 5.02. The first-order valence-corrected chi connectivity index (χ1v) is 11.1. The predicted molar refractivity (Wildman–Crippen MR) is 114 cm³/mol. The van der Waals surface area contributed by atoms with Gasteiger partial charge in [-0.15, -0.1) is 11.3 Å². The van der Waals surface area contributed by atoms with Gasteiger partial charge in [-0.1, -0.05) is 11.6 Å². The van der Waals surface area contributed by atoms with Crippen molar-refractivity contribution in [3.63, 3.8) is 0 Å². The molecule has 0 amide bonds. The summed E-state index contributed by atoms with van der Waals surface area (Å²) in [6.45, 7) is 1.78. The lowest BCUT2D eigenvalue weighted by Gasteiger charge is -2.32. The van der Waals surface area contributed by atoms with E-state index >= 15 is 0 Å². The Balaban J connectivity index is 1.64. The van der Waals surface area contributed by atoms with Gasteiger partial charge < -0.3 is 9.84 Å². The quantitative estimate of drug-likeness (QED) is 0.612. The first-order valence-electron chi connectivity index (χ1n) is 9.85. The molecular formula is C21H18ClFN4O3S. The van der Waals surface area contributed by atoms with Crippen molar-refractivity contribution in [3.05, 3.63) is 51.9 Å². The van der Waals surface area contributed by atoms with Crippen molar-refractivity contribution >= 4 is 28.9 Å². The molecule has 1 aromatic carbocycles. The molecule has 0 aliphatic carbocycles. The van der Waals surface area contributed by atoms with Gasteiger partial charge in [-0.05, 0) is 31.0 Å². The van der Waals surface area contributed by atoms with Crippen LogP contribution in [0.3, 0.4) is 0 Å². The zero-order valence-corrected chi connectivity index (χ0v) is 17.9. The van der Waals surface area contributed by atoms with E-state index in [1.807, 2.05) is 0 Å². The molecule has 0 radical (unpaired) electrons. The Hall–Kier alpha value is -2.46. The molecule has 2 aromatic heterocycles. The minimum Gasteiger partial charge on any atom is -0.478 e. The van der Waals surface area contributed by atoms with Crippen LogP contribution in [0.5, 0.6) is 0 Å². The Labute approximate surface area is 186 Å². The summed E-state index contributed by atoms with van der Waals surface area (Å²) in [5.41, 5.74) is 0.838. The number of fused-ring (bicyclic) bond motifs is 2. The molecule has 31 heavy (non-hydrogen) atoms. The molecule has 1 N–H and O–H groups in total. The fourth-order valence-electron chi connectivity index (χ4n) is 4.19. The number of morpholine rings is 1. The van der Waals surface area contributed by atoms with Crippen LogP contribution >= 0.6 is 22.9 Å². The maximum absolute atomic E-state index is 13.6. The third-order valence-electron chi connectivity index (χ3n) is 5.50. The molecule has 2 unspecified atom stereocenters. The maximum Gasteiger partial charge on any atom is 0.339 e. The second kappa shape index (κ2) is 8.23. The second-order valence-corrected chi connectivity index (χ2v) is 8.94. The van der Waals surface area contributed by atoms with E-state index in [4.69, 9.17) is 16.3 Å². The van der Waals surface area contributed by atoms with Gasteiger partial charge in [-0.3, -0.25) is 4.90 Å². The van der Waals surface area contributed by atoms with Gasteiger partial charge in [-0.2, -0.15) is 0 Å². The normalized spacial score (nSPS) is 20.8. The standard InChI is InChI=1S/C21H18ClFN4O3S/c22-15-7-11(23)1-4-14(15)18-17(21(28)29)16(25-19(26-18)20-24-5-6-31-20)10-27-8-12-2-3-13(9-27)30-12/h1,4-7,12-13H,2-3,8-10H2,(H,28,29). The number of carbonyl (C=O) groups is 1. The highest BCUT2D eigenvalue weighted by molar-refractivity contribution is 7.13. The van der Waals surface area contributed by atoms with E-state index in [9.17, 15) is 14.3 Å². The number of nitrogens with zero attached hydrogens (tertiary/aromatic N) is 4. The summed E-state index contributed by atoms with van der Waals surface area (Å²) >= 11 is 7.63. The van der Waals surface area contributed by atoms with Gasteiger partial charge in [0.2, 0.25) is 0 Å². The molecule has 2 bridgehead atoms. The van der Waals surface area contributed by atoms with Crippen molar-refractivity contribution in [3.8, 4) is 22.1 Å². The number of carboxylic acids is 1. The SMILES string of the molecule is O=C(O)c1c(CN2CC3CCC(C2)O3)nc(-c2nccs2)nc1-c1ccc(F)cc1Cl. The summed E-state index contributed by atoms with van der Waals surface area (Å²) in [6, 6.07) is 3.82. The van der Waals surface area contributed by atoms with Gasteiger partial charge in [0.05, 0.1) is 28.6 Å². The number of halogens is 2. The average Bonchev–Trinajstić information content (AvgIpc) is 3.37. The summed E-state index contributed by atoms with van der Waals surface area (Å²) in [4.78, 5) is 27.9. The molecule has 0 spiro atoms. The molecule has 0 saturated carbocycles. The summed E-state index contributed by atoms with van der Waals surface area (Å²) < 4.78 is 19.5. The number of likely N-dealkylation sites (tertiary alicyclic amines) is 1. The minimum atomic E-state index is -1.16. The van der Waals surface area contributed by atoms with Crippen LogP contribution in [0.4, 0.5) is 4.39 Å². The van der Waals surface area contributed by atoms with Crippen LogP contribution < -0.4 is 0 Å². The summed E-state index contributed by atoms with van der Waals surface area (Å²) in [6.07, 6.45) is 3.99. The van der Waals surface area contributed by atoms with Crippen LogP contribution in [-0.4, -0.2) is 56.2 Å². The van der Waals surface area contributed by atoms with Gasteiger partial charge in [0.25, 0.3) is 0 Å². The number of ether oxygens (including phenoxy) is 1. The topological polar surface area (TPSA) is 88.4 Å². The minimum absolute atomic E-state index is 0.0346. The molecule has 2 saturated heterocycles. The smallest absolute Gasteiger partial charge is 0.339 e. The van der Waals surface area contributed by atoms with Crippen molar-refractivity contribution < 1.29 is 19.0 Å². The highest BCUT2D eigenvalue weighted by Crippen LogP contribution is 2.34. The zero-order chi connectivity index (χ0) is 21.5. The second-order valence-electron chi connectivity index (χ2n) is 7.64. The number of carboxylic acid groups (broad SMARTS) is 1. The summed E-state index contributed by atoms with van der Waals surface area (Å²) in [7, 11) is 0. The number of aromatic nitrogens is 3. The molecule has 10 heteroatoms. The number of benzene rings is 1. The molecule has 3 aromatic rings. The Bertz CT molecular complexity index is 1130. The number of hydrogen-bond acceptors (Lipinski definition) is 7. The first kappa shape index (κ1) is 20.4. The van der Waals surface area contributed by atoms with E-state index in [1.54, 1.807) is 11.6 Å². The van der Waals surface area contributed by atoms with Crippen LogP contribution in [0.15, 0.2) is 29.8 Å². The Kier molecular flexibility index (Phi) is 5.43. The predicted octanol–water partition coefficient (Wildman–Crippen LogP) is 4.12. The molecule has 4 heterocycles. The van der Waals surface area contributed by atoms with Crippen LogP contribution in [0.25, 0.3) is 22.1 Å². The van der Waals surface area contributed by atoms with E-state index in [1.165, 1.54) is 23.5 Å². The first-order chi connectivity index (χ1) is 15.0. The third-order valence-corrected chi connectivity index (χ3v) is 6.58. The summed E-state index contributed by atoms with van der Waals surface area (Å²) in [5.74, 6) is -1.35. The van der Waals surface area contributed by atoms with Crippen LogP contribution in [-0.2, 0) is 11.3 Å². The van der Waals surface area contributed by atoms with Gasteiger partial charge in [-0.25, -0.2) is 24.1 Å². The van der Waals surface area contributed by atoms with E-state index in [2.05, 4.69) is 19.9 Å². The lowest BCUT2D eigenvalue weighted by Crippen LogP contribution is -2.42. The van der Waals surface area contributed by atoms with Gasteiger partial charge in [0.15, 0.2) is 10.8 Å². The summed E-state index contributed by atoms with van der Waals surface area (Å²) in [5, 5.41) is 12.5. The van der Waals surface area contributed by atoms with E-state index in [-0.39, 0.29) is 28.5 Å². The molecule has 160 valence electrons. The number of aromatic carboxylic acids is 1. The van der Waals surface area contributed by atoms with Crippen LogP contribution in [0.1, 0.15) is 28.9 Å². The lowest BCUT2D eigenvalue weighted by atomic mass is 10.0. The fraction of sp³-hybridized carbons (Fsp3) is 0.333. The van der Waals surface area contributed by atoms with Gasteiger partial charge in [0, 0.05) is 36.8 Å². The third kappa shape index (κ3) is 4.06. The van der Waals surface area contributed by atoms with Crippen LogP contribution in [0.2, 0.25) is 5.02 Å².